The Hall–Kier alpha value is -2.90. The van der Waals surface area contributed by atoms with Crippen molar-refractivity contribution in [3.63, 3.8) is 0 Å². The summed E-state index contributed by atoms with van der Waals surface area (Å²) in [5.74, 6) is -6.39. The quantitative estimate of drug-likeness (QED) is 0.294. The van der Waals surface area contributed by atoms with Gasteiger partial charge >= 0.3 is 18.1 Å². The summed E-state index contributed by atoms with van der Waals surface area (Å²) in [6.07, 6.45) is -6.08. The van der Waals surface area contributed by atoms with E-state index in [1.54, 1.807) is 0 Å². The summed E-state index contributed by atoms with van der Waals surface area (Å²) >= 11 is 0. The zero-order valence-corrected chi connectivity index (χ0v) is 16.2. The van der Waals surface area contributed by atoms with Gasteiger partial charge in [-0.2, -0.15) is 13.2 Å². The average molecular weight is 440 g/mol. The number of nitrogens with zero attached hydrogens (tertiary/aromatic N) is 1. The molecule has 11 nitrogen and oxygen atoms in total. The van der Waals surface area contributed by atoms with Crippen LogP contribution in [-0.2, 0) is 24.0 Å². The molecule has 1 aliphatic heterocycles. The maximum Gasteiger partial charge on any atom is 0.471 e. The van der Waals surface area contributed by atoms with Crippen molar-refractivity contribution in [3.05, 3.63) is 0 Å². The molecule has 0 aromatic heterocycles. The first kappa shape index (κ1) is 25.1. The van der Waals surface area contributed by atoms with Crippen LogP contribution in [0.15, 0.2) is 0 Å². The van der Waals surface area contributed by atoms with Crippen LogP contribution >= 0.6 is 0 Å². The van der Waals surface area contributed by atoms with E-state index in [0.29, 0.717) is 6.42 Å². The minimum atomic E-state index is -5.16. The number of alkyl halides is 3. The van der Waals surface area contributed by atoms with Gasteiger partial charge in [0, 0.05) is 6.54 Å². The number of carbonyl (C=O) groups is 5. The number of amides is 4. The molecule has 14 heteroatoms. The normalized spacial score (nSPS) is 19.4. The summed E-state index contributed by atoms with van der Waals surface area (Å²) in [5.41, 5.74) is 0. The van der Waals surface area contributed by atoms with Crippen LogP contribution in [-0.4, -0.2) is 88.2 Å². The lowest BCUT2D eigenvalue weighted by molar-refractivity contribution is -0.174. The van der Waals surface area contributed by atoms with E-state index in [1.165, 1.54) is 19.2 Å². The van der Waals surface area contributed by atoms with E-state index in [4.69, 9.17) is 5.11 Å². The molecule has 1 heterocycles. The monoisotopic (exact) mass is 440 g/mol. The van der Waals surface area contributed by atoms with Gasteiger partial charge in [0.15, 0.2) is 0 Å². The van der Waals surface area contributed by atoms with Crippen LogP contribution in [0.4, 0.5) is 13.2 Å². The van der Waals surface area contributed by atoms with Crippen molar-refractivity contribution in [3.8, 4) is 0 Å². The zero-order valence-electron chi connectivity index (χ0n) is 16.2. The molecule has 1 aliphatic rings. The maximum absolute atomic E-state index is 12.5. The first-order valence-corrected chi connectivity index (χ1v) is 8.91. The Labute approximate surface area is 169 Å². The average Bonchev–Trinajstić information content (AvgIpc) is 3.12. The van der Waals surface area contributed by atoms with Gasteiger partial charge in [-0.25, -0.2) is 0 Å². The maximum atomic E-state index is 12.5. The predicted octanol–water partition coefficient (Wildman–Crippen LogP) is -1.89. The number of aliphatic hydroxyl groups excluding tert-OH is 1. The standard InChI is InChI=1S/C16H23F3N4O7/c1-7(14(28)29)21-13(27)11(8(2)24)22-12(26)9-4-3-5-23(9)10(25)6-20-15(30)16(17,18)19/h7-9,11,24H,3-6H2,1-2H3,(H,20,30)(H,21,27)(H,22,26)(H,28,29)/t7-,8+,9-,11-/m0/s1. The summed E-state index contributed by atoms with van der Waals surface area (Å²) in [7, 11) is 0. The highest BCUT2D eigenvalue weighted by molar-refractivity contribution is 5.95. The lowest BCUT2D eigenvalue weighted by Gasteiger charge is -2.27. The van der Waals surface area contributed by atoms with E-state index in [1.807, 2.05) is 0 Å². The lowest BCUT2D eigenvalue weighted by atomic mass is 10.1. The Morgan fingerprint density at radius 3 is 2.23 bits per heavy atom. The molecular formula is C16H23F3N4O7. The van der Waals surface area contributed by atoms with Gasteiger partial charge in [-0.3, -0.25) is 24.0 Å². The van der Waals surface area contributed by atoms with E-state index in [9.17, 15) is 42.3 Å². The molecule has 4 atom stereocenters. The van der Waals surface area contributed by atoms with Crippen LogP contribution in [0.25, 0.3) is 0 Å². The number of aliphatic hydroxyl groups is 1. The molecule has 1 fully saturated rings. The van der Waals surface area contributed by atoms with E-state index in [2.05, 4.69) is 10.6 Å². The third-order valence-corrected chi connectivity index (χ3v) is 4.33. The molecule has 0 aromatic rings. The van der Waals surface area contributed by atoms with Crippen LogP contribution < -0.4 is 16.0 Å². The lowest BCUT2D eigenvalue weighted by Crippen LogP contribution is -2.58. The van der Waals surface area contributed by atoms with Crippen molar-refractivity contribution in [2.75, 3.05) is 13.1 Å². The summed E-state index contributed by atoms with van der Waals surface area (Å²) < 4.78 is 36.7. The van der Waals surface area contributed by atoms with Crippen molar-refractivity contribution in [1.29, 1.82) is 0 Å². The fourth-order valence-corrected chi connectivity index (χ4v) is 2.72. The molecule has 5 N–H and O–H groups in total. The number of carbonyl (C=O) groups excluding carboxylic acids is 4. The molecule has 30 heavy (non-hydrogen) atoms. The van der Waals surface area contributed by atoms with Gasteiger partial charge in [-0.1, -0.05) is 0 Å². The van der Waals surface area contributed by atoms with Gasteiger partial charge in [0.25, 0.3) is 0 Å². The smallest absolute Gasteiger partial charge is 0.471 e. The van der Waals surface area contributed by atoms with E-state index in [-0.39, 0.29) is 13.0 Å². The summed E-state index contributed by atoms with van der Waals surface area (Å²) in [6, 6.07) is -3.95. The SMILES string of the molecule is C[C@H](NC(=O)[C@@H](NC(=O)[C@@H]1CCCN1C(=O)CNC(=O)C(F)(F)F)[C@@H](C)O)C(=O)O. The Balaban J connectivity index is 2.77. The topological polar surface area (TPSA) is 165 Å². The molecule has 0 spiro atoms. The highest BCUT2D eigenvalue weighted by Gasteiger charge is 2.40. The largest absolute Gasteiger partial charge is 0.480 e. The summed E-state index contributed by atoms with van der Waals surface area (Å²) in [5, 5.41) is 24.3. The number of rotatable bonds is 8. The molecule has 4 amide bonds. The summed E-state index contributed by atoms with van der Waals surface area (Å²) in [6.45, 7) is 1.42. The van der Waals surface area contributed by atoms with Crippen LogP contribution in [0.2, 0.25) is 0 Å². The van der Waals surface area contributed by atoms with Crippen LogP contribution in [0.5, 0.6) is 0 Å². The van der Waals surface area contributed by atoms with E-state index in [0.717, 1.165) is 4.90 Å². The molecule has 0 radical (unpaired) electrons. The molecule has 0 aromatic carbocycles. The molecule has 170 valence electrons. The number of carboxylic acid groups (broad SMARTS) is 1. The first-order valence-electron chi connectivity index (χ1n) is 8.91. The van der Waals surface area contributed by atoms with Crippen LogP contribution in [0, 0.1) is 0 Å². The molecule has 0 unspecified atom stereocenters. The second-order valence-corrected chi connectivity index (χ2v) is 6.72. The van der Waals surface area contributed by atoms with Gasteiger partial charge in [0.2, 0.25) is 17.7 Å². The molecule has 0 saturated carbocycles. The van der Waals surface area contributed by atoms with E-state index < -0.39 is 66.5 Å². The number of likely N-dealkylation sites (tertiary alicyclic amines) is 1. The minimum absolute atomic E-state index is 0.0421. The summed E-state index contributed by atoms with van der Waals surface area (Å²) in [4.78, 5) is 59.4. The molecule has 1 saturated heterocycles. The number of halogens is 3. The second kappa shape index (κ2) is 10.2. The highest BCUT2D eigenvalue weighted by Crippen LogP contribution is 2.18. The molecule has 0 aliphatic carbocycles. The number of aliphatic carboxylic acids is 1. The third kappa shape index (κ3) is 6.86. The van der Waals surface area contributed by atoms with Crippen LogP contribution in [0.3, 0.4) is 0 Å². The number of hydrogen-bond acceptors (Lipinski definition) is 6. The second-order valence-electron chi connectivity index (χ2n) is 6.72. The number of nitrogens with one attached hydrogen (secondary N) is 3. The molecule has 1 rings (SSSR count). The Kier molecular flexibility index (Phi) is 8.57. The van der Waals surface area contributed by atoms with Gasteiger partial charge < -0.3 is 31.1 Å². The van der Waals surface area contributed by atoms with Crippen molar-refractivity contribution in [1.82, 2.24) is 20.9 Å². The van der Waals surface area contributed by atoms with Gasteiger partial charge in [-0.05, 0) is 26.7 Å². The molecular weight excluding hydrogens is 417 g/mol. The minimum Gasteiger partial charge on any atom is -0.480 e. The number of hydrogen-bond donors (Lipinski definition) is 5. The Morgan fingerprint density at radius 1 is 1.13 bits per heavy atom. The highest BCUT2D eigenvalue weighted by atomic mass is 19.4. The van der Waals surface area contributed by atoms with Crippen LogP contribution in [0.1, 0.15) is 26.7 Å². The van der Waals surface area contributed by atoms with Crippen molar-refractivity contribution in [2.45, 2.75) is 57.1 Å². The van der Waals surface area contributed by atoms with Gasteiger partial charge in [-0.15, -0.1) is 0 Å². The fourth-order valence-electron chi connectivity index (χ4n) is 2.72. The fraction of sp³-hybridized carbons (Fsp3) is 0.688. The van der Waals surface area contributed by atoms with Crippen molar-refractivity contribution in [2.24, 2.45) is 0 Å². The van der Waals surface area contributed by atoms with Gasteiger partial charge in [0.05, 0.1) is 12.6 Å². The van der Waals surface area contributed by atoms with E-state index >= 15 is 0 Å². The predicted molar refractivity (Wildman–Crippen MR) is 92.7 cm³/mol. The zero-order chi connectivity index (χ0) is 23.2. The first-order chi connectivity index (χ1) is 13.8. The Bertz CT molecular complexity index is 699. The third-order valence-electron chi connectivity index (χ3n) is 4.33. The molecule has 0 bridgehead atoms. The van der Waals surface area contributed by atoms with Crippen molar-refractivity contribution < 1.29 is 47.4 Å². The Morgan fingerprint density at radius 2 is 1.73 bits per heavy atom. The van der Waals surface area contributed by atoms with Gasteiger partial charge in [0.1, 0.15) is 18.1 Å². The number of carboxylic acids is 1. The van der Waals surface area contributed by atoms with Crippen molar-refractivity contribution >= 4 is 29.6 Å².